The van der Waals surface area contributed by atoms with E-state index in [0.717, 1.165) is 11.9 Å². The smallest absolute Gasteiger partial charge is 0.292 e. The van der Waals surface area contributed by atoms with Crippen molar-refractivity contribution in [3.05, 3.63) is 36.0 Å². The molecule has 0 unspecified atom stereocenters. The normalized spacial score (nSPS) is 11.0. The zero-order valence-electron chi connectivity index (χ0n) is 16.6. The SMILES string of the molecule is CCN(CC)C(=O)Cn1cc(C(=O)C(=O)NCCC(C)C)c2ccccc21. The molecule has 0 bridgehead atoms. The molecule has 6 heteroatoms. The molecule has 1 aromatic carbocycles. The molecule has 6 nitrogen and oxygen atoms in total. The minimum atomic E-state index is -0.603. The van der Waals surface area contributed by atoms with E-state index in [2.05, 4.69) is 19.2 Å². The second-order valence-corrected chi connectivity index (χ2v) is 7.02. The van der Waals surface area contributed by atoms with E-state index in [4.69, 9.17) is 0 Å². The third-order valence-electron chi connectivity index (χ3n) is 4.67. The van der Waals surface area contributed by atoms with Crippen LogP contribution in [-0.4, -0.2) is 46.7 Å². The van der Waals surface area contributed by atoms with Crippen LogP contribution in [0.2, 0.25) is 0 Å². The number of carbonyl (C=O) groups excluding carboxylic acids is 3. The van der Waals surface area contributed by atoms with Gasteiger partial charge < -0.3 is 14.8 Å². The molecule has 27 heavy (non-hydrogen) atoms. The Labute approximate surface area is 160 Å². The van der Waals surface area contributed by atoms with Crippen molar-refractivity contribution in [2.75, 3.05) is 19.6 Å². The first kappa shape index (κ1) is 20.7. The van der Waals surface area contributed by atoms with E-state index >= 15 is 0 Å². The van der Waals surface area contributed by atoms with Crippen LogP contribution in [0.15, 0.2) is 30.5 Å². The molecule has 0 saturated carbocycles. The first-order valence-corrected chi connectivity index (χ1v) is 9.57. The topological polar surface area (TPSA) is 71.4 Å². The van der Waals surface area contributed by atoms with E-state index in [1.165, 1.54) is 0 Å². The first-order valence-electron chi connectivity index (χ1n) is 9.57. The summed E-state index contributed by atoms with van der Waals surface area (Å²) in [6.45, 7) is 9.89. The highest BCUT2D eigenvalue weighted by Crippen LogP contribution is 2.22. The fourth-order valence-electron chi connectivity index (χ4n) is 3.06. The van der Waals surface area contributed by atoms with Crippen molar-refractivity contribution in [2.45, 2.75) is 40.7 Å². The maximum atomic E-state index is 12.7. The molecule has 1 heterocycles. The van der Waals surface area contributed by atoms with Crippen LogP contribution in [0.1, 0.15) is 44.5 Å². The van der Waals surface area contributed by atoms with Crippen LogP contribution in [0.3, 0.4) is 0 Å². The molecule has 0 atom stereocenters. The monoisotopic (exact) mass is 371 g/mol. The Bertz CT molecular complexity index is 819. The van der Waals surface area contributed by atoms with Crippen LogP contribution < -0.4 is 5.32 Å². The van der Waals surface area contributed by atoms with Crippen molar-refractivity contribution in [2.24, 2.45) is 5.92 Å². The van der Waals surface area contributed by atoms with Gasteiger partial charge in [0.1, 0.15) is 6.54 Å². The number of fused-ring (bicyclic) bond motifs is 1. The van der Waals surface area contributed by atoms with Crippen molar-refractivity contribution in [3.63, 3.8) is 0 Å². The summed E-state index contributed by atoms with van der Waals surface area (Å²) in [6.07, 6.45) is 2.44. The Morgan fingerprint density at radius 1 is 1.11 bits per heavy atom. The summed E-state index contributed by atoms with van der Waals surface area (Å²) < 4.78 is 1.75. The third-order valence-corrected chi connectivity index (χ3v) is 4.67. The quantitative estimate of drug-likeness (QED) is 0.544. The molecule has 1 aromatic heterocycles. The second kappa shape index (κ2) is 9.35. The van der Waals surface area contributed by atoms with Gasteiger partial charge in [-0.2, -0.15) is 0 Å². The maximum absolute atomic E-state index is 12.7. The van der Waals surface area contributed by atoms with Crippen molar-refractivity contribution in [1.82, 2.24) is 14.8 Å². The highest BCUT2D eigenvalue weighted by atomic mass is 16.2. The van der Waals surface area contributed by atoms with Crippen LogP contribution in [0, 0.1) is 5.92 Å². The summed E-state index contributed by atoms with van der Waals surface area (Å²) in [7, 11) is 0. The molecule has 0 radical (unpaired) electrons. The fraction of sp³-hybridized carbons (Fsp3) is 0.476. The number of para-hydroxylation sites is 1. The van der Waals surface area contributed by atoms with E-state index in [1.807, 2.05) is 38.1 Å². The number of nitrogens with zero attached hydrogens (tertiary/aromatic N) is 2. The van der Waals surface area contributed by atoms with Gasteiger partial charge in [-0.05, 0) is 32.3 Å². The van der Waals surface area contributed by atoms with E-state index in [-0.39, 0.29) is 12.5 Å². The zero-order chi connectivity index (χ0) is 20.0. The number of benzene rings is 1. The zero-order valence-corrected chi connectivity index (χ0v) is 16.6. The van der Waals surface area contributed by atoms with E-state index in [0.29, 0.717) is 36.5 Å². The minimum absolute atomic E-state index is 0.0128. The van der Waals surface area contributed by atoms with Crippen LogP contribution in [-0.2, 0) is 16.1 Å². The lowest BCUT2D eigenvalue weighted by Gasteiger charge is -2.19. The lowest BCUT2D eigenvalue weighted by atomic mass is 10.1. The van der Waals surface area contributed by atoms with Crippen molar-refractivity contribution >= 4 is 28.5 Å². The van der Waals surface area contributed by atoms with Gasteiger partial charge in [-0.1, -0.05) is 32.0 Å². The summed E-state index contributed by atoms with van der Waals surface area (Å²) in [5, 5.41) is 3.38. The Morgan fingerprint density at radius 2 is 1.78 bits per heavy atom. The number of Topliss-reactive ketones (excluding diaryl/α,β-unsaturated/α-hetero) is 1. The summed E-state index contributed by atoms with van der Waals surface area (Å²) >= 11 is 0. The van der Waals surface area contributed by atoms with Crippen LogP contribution in [0.25, 0.3) is 10.9 Å². The minimum Gasteiger partial charge on any atom is -0.349 e. The standard InChI is InChI=1S/C21H29N3O3/c1-5-23(6-2)19(25)14-24-13-17(16-9-7-8-10-18(16)24)20(26)21(27)22-12-11-15(3)4/h7-10,13,15H,5-6,11-12,14H2,1-4H3,(H,22,27). The highest BCUT2D eigenvalue weighted by Gasteiger charge is 2.22. The molecule has 0 aliphatic carbocycles. The number of nitrogens with one attached hydrogen (secondary N) is 1. The molecular formula is C21H29N3O3. The van der Waals surface area contributed by atoms with Gasteiger partial charge >= 0.3 is 0 Å². The summed E-state index contributed by atoms with van der Waals surface area (Å²) in [4.78, 5) is 39.1. The van der Waals surface area contributed by atoms with Gasteiger partial charge in [0, 0.05) is 36.7 Å². The van der Waals surface area contributed by atoms with E-state index < -0.39 is 11.7 Å². The van der Waals surface area contributed by atoms with Gasteiger partial charge in [0.2, 0.25) is 5.91 Å². The molecule has 146 valence electrons. The molecule has 2 amide bonds. The first-order chi connectivity index (χ1) is 12.9. The average Bonchev–Trinajstić information content (AvgIpc) is 3.00. The Hall–Kier alpha value is -2.63. The van der Waals surface area contributed by atoms with Crippen LogP contribution in [0.4, 0.5) is 0 Å². The number of hydrogen-bond donors (Lipinski definition) is 1. The fourth-order valence-corrected chi connectivity index (χ4v) is 3.06. The van der Waals surface area contributed by atoms with Crippen molar-refractivity contribution in [3.8, 4) is 0 Å². The van der Waals surface area contributed by atoms with Gasteiger partial charge in [0.25, 0.3) is 11.7 Å². The lowest BCUT2D eigenvalue weighted by molar-refractivity contribution is -0.131. The number of likely N-dealkylation sites (N-methyl/N-ethyl adjacent to an activating group) is 1. The molecule has 0 aliphatic rings. The Balaban J connectivity index is 2.26. The Kier molecular flexibility index (Phi) is 7.16. The number of hydrogen-bond acceptors (Lipinski definition) is 3. The summed E-state index contributed by atoms with van der Waals surface area (Å²) in [5.41, 5.74) is 1.11. The van der Waals surface area contributed by atoms with Gasteiger partial charge in [-0.3, -0.25) is 14.4 Å². The molecule has 0 aliphatic heterocycles. The van der Waals surface area contributed by atoms with Crippen LogP contribution >= 0.6 is 0 Å². The van der Waals surface area contributed by atoms with Crippen LogP contribution in [0.5, 0.6) is 0 Å². The average molecular weight is 371 g/mol. The highest BCUT2D eigenvalue weighted by molar-refractivity contribution is 6.45. The lowest BCUT2D eigenvalue weighted by Crippen LogP contribution is -2.33. The Morgan fingerprint density at radius 3 is 2.41 bits per heavy atom. The summed E-state index contributed by atoms with van der Waals surface area (Å²) in [5.74, 6) is -0.729. The van der Waals surface area contributed by atoms with Gasteiger partial charge in [-0.15, -0.1) is 0 Å². The van der Waals surface area contributed by atoms with Gasteiger partial charge in [0.15, 0.2) is 0 Å². The van der Waals surface area contributed by atoms with Crippen molar-refractivity contribution in [1.29, 1.82) is 0 Å². The maximum Gasteiger partial charge on any atom is 0.292 e. The number of aromatic nitrogens is 1. The largest absolute Gasteiger partial charge is 0.349 e. The predicted octanol–water partition coefficient (Wildman–Crippen LogP) is 2.85. The van der Waals surface area contributed by atoms with Gasteiger partial charge in [0.05, 0.1) is 5.56 Å². The predicted molar refractivity (Wildman–Crippen MR) is 107 cm³/mol. The molecule has 0 saturated heterocycles. The number of ketones is 1. The number of carbonyl (C=O) groups is 3. The molecular weight excluding hydrogens is 342 g/mol. The van der Waals surface area contributed by atoms with Gasteiger partial charge in [-0.25, -0.2) is 0 Å². The number of amides is 2. The number of rotatable bonds is 9. The van der Waals surface area contributed by atoms with E-state index in [9.17, 15) is 14.4 Å². The third kappa shape index (κ3) is 4.96. The molecule has 0 spiro atoms. The second-order valence-electron chi connectivity index (χ2n) is 7.02. The molecule has 2 rings (SSSR count). The van der Waals surface area contributed by atoms with Crippen molar-refractivity contribution < 1.29 is 14.4 Å². The van der Waals surface area contributed by atoms with E-state index in [1.54, 1.807) is 15.7 Å². The summed E-state index contributed by atoms with van der Waals surface area (Å²) in [6, 6.07) is 7.35. The molecule has 1 N–H and O–H groups in total. The molecule has 2 aromatic rings. The molecule has 0 fully saturated rings.